The zero-order valence-corrected chi connectivity index (χ0v) is 10.9. The topological polar surface area (TPSA) is 135 Å². The van der Waals surface area contributed by atoms with Crippen LogP contribution in [-0.4, -0.2) is 31.7 Å². The highest BCUT2D eigenvalue weighted by Gasteiger charge is 2.22. The Labute approximate surface area is 110 Å². The zero-order chi connectivity index (χ0) is 14.4. The molecule has 0 amide bonds. The van der Waals surface area contributed by atoms with E-state index < -0.39 is 31.6 Å². The van der Waals surface area contributed by atoms with Gasteiger partial charge in [-0.2, -0.15) is 8.42 Å². The second-order valence-corrected chi connectivity index (χ2v) is 6.69. The molecule has 0 saturated carbocycles. The second kappa shape index (κ2) is 4.34. The van der Waals surface area contributed by atoms with Crippen LogP contribution in [0.4, 0.5) is 0 Å². The van der Waals surface area contributed by atoms with E-state index >= 15 is 0 Å². The summed E-state index contributed by atoms with van der Waals surface area (Å²) in [5.41, 5.74) is 0. The van der Waals surface area contributed by atoms with E-state index in [1.807, 2.05) is 0 Å². The Morgan fingerprint density at radius 2 is 1.58 bits per heavy atom. The first-order valence-corrected chi connectivity index (χ1v) is 7.79. The van der Waals surface area contributed by atoms with E-state index in [0.29, 0.717) is 0 Å². The third kappa shape index (κ3) is 2.66. The maximum Gasteiger partial charge on any atom is 0.294 e. The monoisotopic (exact) mass is 306 g/mol. The van der Waals surface area contributed by atoms with Gasteiger partial charge in [0.2, 0.25) is 0 Å². The molecule has 7 nitrogen and oxygen atoms in total. The molecule has 0 saturated heterocycles. The largest absolute Gasteiger partial charge is 0.507 e. The van der Waals surface area contributed by atoms with Crippen LogP contribution in [0.15, 0.2) is 40.1 Å². The average Bonchev–Trinajstić information content (AvgIpc) is 2.25. The quantitative estimate of drug-likeness (QED) is 0.537. The number of aromatic hydroxyl groups is 1. The van der Waals surface area contributed by atoms with Crippen molar-refractivity contribution in [3.8, 4) is 5.75 Å². The summed E-state index contributed by atoms with van der Waals surface area (Å²) in [6, 6.07) is 5.71. The molecule has 2 aromatic carbocycles. The number of hydrogen-bond donors (Lipinski definition) is 5. The van der Waals surface area contributed by atoms with Gasteiger partial charge in [0.25, 0.3) is 10.1 Å². The van der Waals surface area contributed by atoms with Crippen LogP contribution in [0.1, 0.15) is 0 Å². The molecule has 0 radical (unpaired) electrons. The summed E-state index contributed by atoms with van der Waals surface area (Å²) in [7, 11) is -8.58. The summed E-state index contributed by atoms with van der Waals surface area (Å²) in [6.07, 6.45) is 0. The minimum Gasteiger partial charge on any atom is -0.507 e. The predicted octanol–water partition coefficient (Wildman–Crippen LogP) is 2.37. The fourth-order valence-corrected chi connectivity index (χ4v) is 3.02. The molecule has 0 atom stereocenters. The van der Waals surface area contributed by atoms with Gasteiger partial charge >= 0.3 is 0 Å². The number of hydrogen-bond acceptors (Lipinski definition) is 6. The van der Waals surface area contributed by atoms with E-state index in [0.717, 1.165) is 12.1 Å². The molecular formula is C10H10O7S2. The van der Waals surface area contributed by atoms with E-state index in [4.69, 9.17) is 4.55 Å². The Morgan fingerprint density at radius 3 is 2.11 bits per heavy atom. The van der Waals surface area contributed by atoms with Gasteiger partial charge in [-0.15, -0.1) is 0 Å². The molecule has 0 spiro atoms. The Bertz CT molecular complexity index is 746. The third-order valence-electron chi connectivity index (χ3n) is 2.48. The van der Waals surface area contributed by atoms with Gasteiger partial charge in [0.1, 0.15) is 16.6 Å². The summed E-state index contributed by atoms with van der Waals surface area (Å²) < 4.78 is 58.7. The first kappa shape index (κ1) is 14.1. The first-order valence-electron chi connectivity index (χ1n) is 4.84. The van der Waals surface area contributed by atoms with E-state index in [9.17, 15) is 27.2 Å². The minimum atomic E-state index is -4.51. The minimum absolute atomic E-state index is 0.0996. The number of benzene rings is 2. The molecule has 19 heavy (non-hydrogen) atoms. The summed E-state index contributed by atoms with van der Waals surface area (Å²) in [6.45, 7) is 0. The number of phenolic OH excluding ortho intramolecular Hbond substituents is 1. The molecule has 2 aromatic rings. The number of phenols is 1. The predicted molar refractivity (Wildman–Crippen MR) is 69.2 cm³/mol. The van der Waals surface area contributed by atoms with Crippen LogP contribution in [0.5, 0.6) is 5.75 Å². The lowest BCUT2D eigenvalue weighted by molar-refractivity contribution is 0.376. The summed E-state index contributed by atoms with van der Waals surface area (Å²) in [5.74, 6) is -0.602. The average molecular weight is 306 g/mol. The number of fused-ring (bicyclic) bond motifs is 1. The van der Waals surface area contributed by atoms with E-state index in [1.54, 1.807) is 0 Å². The molecule has 5 N–H and O–H groups in total. The Morgan fingerprint density at radius 1 is 0.947 bits per heavy atom. The highest BCUT2D eigenvalue weighted by molar-refractivity contribution is 8.19. The van der Waals surface area contributed by atoms with Gasteiger partial charge in [0.05, 0.1) is 9.79 Å². The lowest BCUT2D eigenvalue weighted by atomic mass is 10.1. The van der Waals surface area contributed by atoms with Gasteiger partial charge in [0.15, 0.2) is 0 Å². The standard InChI is InChI=1S/C10H10O7S2/c11-8-5-7(18(12,13)14)4-6-2-1-3-9(10(6)8)19(15,16)17/h1-5,11,15-17H,(H,12,13,14). The van der Waals surface area contributed by atoms with Gasteiger partial charge in [-0.3, -0.25) is 4.55 Å². The van der Waals surface area contributed by atoms with Crippen LogP contribution in [0, 0.1) is 0 Å². The zero-order valence-electron chi connectivity index (χ0n) is 9.26. The molecule has 0 aliphatic rings. The highest BCUT2D eigenvalue weighted by Crippen LogP contribution is 2.49. The van der Waals surface area contributed by atoms with Crippen molar-refractivity contribution in [2.75, 3.05) is 0 Å². The molecule has 2 rings (SSSR count). The molecule has 0 aliphatic carbocycles. The van der Waals surface area contributed by atoms with Crippen molar-refractivity contribution in [2.45, 2.75) is 9.79 Å². The molecule has 0 aromatic heterocycles. The summed E-state index contributed by atoms with van der Waals surface area (Å²) in [5, 5.41) is 9.79. The fraction of sp³-hybridized carbons (Fsp3) is 0. The van der Waals surface area contributed by atoms with Crippen molar-refractivity contribution in [1.29, 1.82) is 0 Å². The molecule has 9 heteroatoms. The normalized spacial score (nSPS) is 13.7. The number of rotatable bonds is 2. The van der Waals surface area contributed by atoms with E-state index in [2.05, 4.69) is 0 Å². The molecule has 0 unspecified atom stereocenters. The molecule has 0 fully saturated rings. The van der Waals surface area contributed by atoms with Crippen LogP contribution in [0.2, 0.25) is 0 Å². The maximum absolute atomic E-state index is 11.0. The molecular weight excluding hydrogens is 296 g/mol. The van der Waals surface area contributed by atoms with Crippen LogP contribution < -0.4 is 0 Å². The van der Waals surface area contributed by atoms with Crippen molar-refractivity contribution in [2.24, 2.45) is 0 Å². The Kier molecular flexibility index (Phi) is 3.21. The van der Waals surface area contributed by atoms with E-state index in [-0.39, 0.29) is 15.7 Å². The lowest BCUT2D eigenvalue weighted by Crippen LogP contribution is -2.00. The van der Waals surface area contributed by atoms with Crippen molar-refractivity contribution in [1.82, 2.24) is 0 Å². The lowest BCUT2D eigenvalue weighted by Gasteiger charge is -2.21. The Balaban J connectivity index is 2.88. The van der Waals surface area contributed by atoms with E-state index in [1.165, 1.54) is 18.2 Å². The second-order valence-electron chi connectivity index (χ2n) is 3.79. The maximum atomic E-state index is 11.0. The van der Waals surface area contributed by atoms with Gasteiger partial charge < -0.3 is 18.8 Å². The van der Waals surface area contributed by atoms with Gasteiger partial charge in [0, 0.05) is 11.5 Å². The van der Waals surface area contributed by atoms with Crippen LogP contribution in [0.3, 0.4) is 0 Å². The fourth-order valence-electron chi connectivity index (χ4n) is 1.72. The van der Waals surface area contributed by atoms with Crippen molar-refractivity contribution in [3.05, 3.63) is 30.3 Å². The van der Waals surface area contributed by atoms with Crippen molar-refractivity contribution < 1.29 is 31.7 Å². The van der Waals surface area contributed by atoms with Crippen LogP contribution in [0.25, 0.3) is 10.8 Å². The molecule has 0 bridgehead atoms. The highest BCUT2D eigenvalue weighted by atomic mass is 32.3. The third-order valence-corrected chi connectivity index (χ3v) is 4.25. The van der Waals surface area contributed by atoms with Gasteiger partial charge in [-0.05, 0) is 17.5 Å². The first-order chi connectivity index (χ1) is 8.60. The SMILES string of the molecule is O=S(=O)(O)c1cc(O)c2c(S(O)(O)O)cccc2c1. The van der Waals surface area contributed by atoms with Crippen LogP contribution >= 0.6 is 10.9 Å². The van der Waals surface area contributed by atoms with Gasteiger partial charge in [-0.1, -0.05) is 12.1 Å². The molecule has 0 heterocycles. The summed E-state index contributed by atoms with van der Waals surface area (Å²) >= 11 is 0. The van der Waals surface area contributed by atoms with Crippen molar-refractivity contribution in [3.63, 3.8) is 0 Å². The van der Waals surface area contributed by atoms with Crippen LogP contribution in [-0.2, 0) is 10.1 Å². The van der Waals surface area contributed by atoms with Crippen molar-refractivity contribution >= 4 is 31.8 Å². The Hall–Kier alpha value is -1.36. The molecule has 0 aliphatic heterocycles. The molecule has 104 valence electrons. The summed E-state index contributed by atoms with van der Waals surface area (Å²) in [4.78, 5) is -0.867. The smallest absolute Gasteiger partial charge is 0.294 e. The van der Waals surface area contributed by atoms with Gasteiger partial charge in [-0.25, -0.2) is 0 Å².